The summed E-state index contributed by atoms with van der Waals surface area (Å²) < 4.78 is 0.915. The molecular weight excluding hydrogens is 352 g/mol. The predicted octanol–water partition coefficient (Wildman–Crippen LogP) is 3.79. The Morgan fingerprint density at radius 3 is 2.70 bits per heavy atom. The van der Waals surface area contributed by atoms with Gasteiger partial charge in [0, 0.05) is 10.6 Å². The third-order valence-electron chi connectivity index (χ3n) is 3.10. The van der Waals surface area contributed by atoms with Crippen LogP contribution < -0.4 is 11.1 Å². The number of nitrogens with zero attached hydrogens (tertiary/aromatic N) is 2. The van der Waals surface area contributed by atoms with Crippen molar-refractivity contribution >= 4 is 47.1 Å². The maximum atomic E-state index is 12.0. The molecule has 5 nitrogen and oxygen atoms in total. The van der Waals surface area contributed by atoms with Crippen molar-refractivity contribution in [1.29, 1.82) is 0 Å². The molecule has 0 bridgehead atoms. The number of rotatable bonds is 6. The quantitative estimate of drug-likeness (QED) is 0.806. The zero-order chi connectivity index (χ0) is 16.1. The number of carbonyl (C=O) groups is 1. The summed E-state index contributed by atoms with van der Waals surface area (Å²) in [5, 5.41) is 11.9. The molecule has 0 aliphatic carbocycles. The first-order valence-corrected chi connectivity index (χ1v) is 8.78. The van der Waals surface area contributed by atoms with Gasteiger partial charge in [-0.25, -0.2) is 0 Å². The van der Waals surface area contributed by atoms with E-state index in [2.05, 4.69) is 15.5 Å². The largest absolute Gasteiger partial charge is 0.324 e. The van der Waals surface area contributed by atoms with Crippen LogP contribution in [-0.2, 0) is 4.79 Å². The van der Waals surface area contributed by atoms with Crippen LogP contribution in [0.15, 0.2) is 27.4 Å². The second-order valence-corrected chi connectivity index (χ2v) is 7.55. The van der Waals surface area contributed by atoms with Crippen molar-refractivity contribution in [2.75, 3.05) is 5.32 Å². The topological polar surface area (TPSA) is 80.9 Å². The highest BCUT2D eigenvalue weighted by molar-refractivity contribution is 8.01. The Morgan fingerprint density at radius 2 is 2.13 bits per heavy atom. The number of aryl methyl sites for hydroxylation is 2. The van der Waals surface area contributed by atoms with Crippen molar-refractivity contribution in [3.63, 3.8) is 0 Å². The molecule has 1 amide bonds. The first-order chi connectivity index (χ1) is 10.5. The number of nitrogens with two attached hydrogens (primary N) is 1. The number of halogens is 1. The molecule has 8 heteroatoms. The normalized spacial score (nSPS) is 11.7. The van der Waals surface area contributed by atoms with Crippen LogP contribution >= 0.6 is 35.5 Å². The molecule has 2 rings (SSSR count). The van der Waals surface area contributed by atoms with E-state index >= 15 is 0 Å². The standard InChI is InChI=1S/C15H20N4OS2.ClH/c1-4-5-12(16)14(20)17-13-7-6-11(8-9(13)2)22-15-19-18-10(3)21-15;/h6-8,12H,4-5,16H2,1-3H3,(H,17,20);1H. The van der Waals surface area contributed by atoms with Gasteiger partial charge in [0.05, 0.1) is 6.04 Å². The molecular formula is C15H21ClN4OS2. The van der Waals surface area contributed by atoms with Gasteiger partial charge in [-0.15, -0.1) is 22.6 Å². The van der Waals surface area contributed by atoms with E-state index < -0.39 is 6.04 Å². The van der Waals surface area contributed by atoms with Crippen LogP contribution in [0.3, 0.4) is 0 Å². The van der Waals surface area contributed by atoms with Gasteiger partial charge in [-0.3, -0.25) is 4.79 Å². The molecule has 1 aromatic heterocycles. The summed E-state index contributed by atoms with van der Waals surface area (Å²) >= 11 is 3.14. The summed E-state index contributed by atoms with van der Waals surface area (Å²) in [5.74, 6) is -0.134. The van der Waals surface area contributed by atoms with Gasteiger partial charge in [-0.2, -0.15) is 0 Å². The molecule has 0 saturated heterocycles. The summed E-state index contributed by atoms with van der Waals surface area (Å²) in [6.07, 6.45) is 1.58. The van der Waals surface area contributed by atoms with Crippen LogP contribution in [0.1, 0.15) is 30.3 Å². The van der Waals surface area contributed by atoms with Crippen molar-refractivity contribution in [3.05, 3.63) is 28.8 Å². The molecule has 23 heavy (non-hydrogen) atoms. The second-order valence-electron chi connectivity index (χ2n) is 5.05. The van der Waals surface area contributed by atoms with Crippen LogP contribution in [0, 0.1) is 13.8 Å². The lowest BCUT2D eigenvalue weighted by Crippen LogP contribution is -2.35. The molecule has 126 valence electrons. The fraction of sp³-hybridized carbons (Fsp3) is 0.400. The van der Waals surface area contributed by atoms with Gasteiger partial charge < -0.3 is 11.1 Å². The molecule has 0 spiro atoms. The maximum Gasteiger partial charge on any atom is 0.241 e. The van der Waals surface area contributed by atoms with Crippen LogP contribution in [0.5, 0.6) is 0 Å². The summed E-state index contributed by atoms with van der Waals surface area (Å²) in [7, 11) is 0. The molecule has 3 N–H and O–H groups in total. The Morgan fingerprint density at radius 1 is 1.39 bits per heavy atom. The van der Waals surface area contributed by atoms with E-state index in [1.54, 1.807) is 23.1 Å². The number of nitrogens with one attached hydrogen (secondary N) is 1. The van der Waals surface area contributed by atoms with Gasteiger partial charge >= 0.3 is 0 Å². The van der Waals surface area contributed by atoms with Gasteiger partial charge in [-0.1, -0.05) is 36.4 Å². The smallest absolute Gasteiger partial charge is 0.241 e. The number of hydrogen-bond donors (Lipinski definition) is 2. The summed E-state index contributed by atoms with van der Waals surface area (Å²) in [5.41, 5.74) is 7.63. The van der Waals surface area contributed by atoms with E-state index in [-0.39, 0.29) is 18.3 Å². The molecule has 1 aromatic carbocycles. The number of carbonyl (C=O) groups excluding carboxylic acids is 1. The monoisotopic (exact) mass is 372 g/mol. The van der Waals surface area contributed by atoms with Gasteiger partial charge in [0.2, 0.25) is 5.91 Å². The zero-order valence-corrected chi connectivity index (χ0v) is 15.8. The molecule has 0 fully saturated rings. The molecule has 1 atom stereocenters. The number of hydrogen-bond acceptors (Lipinski definition) is 6. The average Bonchev–Trinajstić information content (AvgIpc) is 2.87. The van der Waals surface area contributed by atoms with Crippen molar-refractivity contribution in [1.82, 2.24) is 10.2 Å². The summed E-state index contributed by atoms with van der Waals surface area (Å²) in [6.45, 7) is 5.92. The SMILES string of the molecule is CCCC(N)C(=O)Nc1ccc(Sc2nnc(C)s2)cc1C.Cl. The fourth-order valence-electron chi connectivity index (χ4n) is 1.93. The zero-order valence-electron chi connectivity index (χ0n) is 13.3. The Hall–Kier alpha value is -1.15. The van der Waals surface area contributed by atoms with E-state index in [1.165, 1.54) is 0 Å². The Bertz CT molecular complexity index is 663. The number of aromatic nitrogens is 2. The molecule has 0 aliphatic rings. The van der Waals surface area contributed by atoms with Crippen LogP contribution in [0.2, 0.25) is 0 Å². The Kier molecular flexibility index (Phi) is 7.98. The minimum atomic E-state index is -0.456. The lowest BCUT2D eigenvalue weighted by atomic mass is 10.1. The minimum absolute atomic E-state index is 0. The lowest BCUT2D eigenvalue weighted by molar-refractivity contribution is -0.117. The highest BCUT2D eigenvalue weighted by Gasteiger charge is 2.13. The van der Waals surface area contributed by atoms with Crippen LogP contribution in [0.4, 0.5) is 5.69 Å². The van der Waals surface area contributed by atoms with Gasteiger partial charge in [0.25, 0.3) is 0 Å². The number of anilines is 1. The van der Waals surface area contributed by atoms with Crippen molar-refractivity contribution in [2.24, 2.45) is 5.73 Å². The summed E-state index contributed by atoms with van der Waals surface area (Å²) in [6, 6.07) is 5.45. The van der Waals surface area contributed by atoms with Gasteiger partial charge in [0.15, 0.2) is 4.34 Å². The van der Waals surface area contributed by atoms with Gasteiger partial charge in [0.1, 0.15) is 5.01 Å². The van der Waals surface area contributed by atoms with Crippen molar-refractivity contribution < 1.29 is 4.79 Å². The summed E-state index contributed by atoms with van der Waals surface area (Å²) in [4.78, 5) is 13.0. The first kappa shape index (κ1) is 19.9. The fourth-order valence-corrected chi connectivity index (χ4v) is 3.82. The molecule has 1 unspecified atom stereocenters. The van der Waals surface area contributed by atoms with E-state index in [4.69, 9.17) is 5.73 Å². The highest BCUT2D eigenvalue weighted by Crippen LogP contribution is 2.32. The highest BCUT2D eigenvalue weighted by atomic mass is 35.5. The molecule has 0 radical (unpaired) electrons. The lowest BCUT2D eigenvalue weighted by Gasteiger charge is -2.13. The molecule has 2 aromatic rings. The van der Waals surface area contributed by atoms with E-state index in [0.717, 1.165) is 31.9 Å². The van der Waals surface area contributed by atoms with E-state index in [0.29, 0.717) is 6.42 Å². The first-order valence-electron chi connectivity index (χ1n) is 7.14. The van der Waals surface area contributed by atoms with Crippen LogP contribution in [-0.4, -0.2) is 22.1 Å². The Balaban J connectivity index is 0.00000264. The third kappa shape index (κ3) is 5.76. The molecule has 0 aliphatic heterocycles. The van der Waals surface area contributed by atoms with Crippen LogP contribution in [0.25, 0.3) is 0 Å². The number of benzene rings is 1. The average molecular weight is 373 g/mol. The molecule has 1 heterocycles. The van der Waals surface area contributed by atoms with E-state index in [9.17, 15) is 4.79 Å². The maximum absolute atomic E-state index is 12.0. The third-order valence-corrected chi connectivity index (χ3v) is 4.98. The molecule has 0 saturated carbocycles. The Labute approximate surface area is 150 Å². The minimum Gasteiger partial charge on any atom is -0.324 e. The number of amides is 1. The predicted molar refractivity (Wildman–Crippen MR) is 98.7 cm³/mol. The van der Waals surface area contributed by atoms with Gasteiger partial charge in [-0.05, 0) is 44.0 Å². The van der Waals surface area contributed by atoms with Crippen molar-refractivity contribution in [3.8, 4) is 0 Å². The second kappa shape index (κ2) is 9.22. The van der Waals surface area contributed by atoms with E-state index in [1.807, 2.05) is 39.0 Å². The van der Waals surface area contributed by atoms with Crippen molar-refractivity contribution in [2.45, 2.75) is 48.9 Å².